The second kappa shape index (κ2) is 10.5. The zero-order valence-corrected chi connectivity index (χ0v) is 17.9. The molecule has 0 spiro atoms. The summed E-state index contributed by atoms with van der Waals surface area (Å²) in [6, 6.07) is 14.1. The van der Waals surface area contributed by atoms with Gasteiger partial charge in [0.05, 0.1) is 6.42 Å². The fraction of sp³-hybridized carbons (Fsp3) is 0.364. The molecule has 0 aromatic heterocycles. The van der Waals surface area contributed by atoms with E-state index in [0.29, 0.717) is 16.5 Å². The van der Waals surface area contributed by atoms with Crippen molar-refractivity contribution in [2.24, 2.45) is 0 Å². The number of nitrogens with one attached hydrogen (secondary N) is 1. The van der Waals surface area contributed by atoms with Crippen molar-refractivity contribution < 1.29 is 9.59 Å². The van der Waals surface area contributed by atoms with Gasteiger partial charge in [-0.05, 0) is 43.5 Å². The van der Waals surface area contributed by atoms with E-state index >= 15 is 0 Å². The number of carbonyl (C=O) groups is 2. The van der Waals surface area contributed by atoms with Crippen LogP contribution in [0.25, 0.3) is 0 Å². The first kappa shape index (κ1) is 22.3. The van der Waals surface area contributed by atoms with Crippen molar-refractivity contribution in [2.75, 3.05) is 0 Å². The monoisotopic (exact) mass is 420 g/mol. The second-order valence-electron chi connectivity index (χ2n) is 7.01. The lowest BCUT2D eigenvalue weighted by atomic mass is 10.1. The van der Waals surface area contributed by atoms with Gasteiger partial charge in [0.25, 0.3) is 0 Å². The molecule has 0 radical (unpaired) electrons. The van der Waals surface area contributed by atoms with Gasteiger partial charge in [0.2, 0.25) is 11.8 Å². The Balaban J connectivity index is 2.32. The molecule has 28 heavy (non-hydrogen) atoms. The van der Waals surface area contributed by atoms with Crippen molar-refractivity contribution in [3.63, 3.8) is 0 Å². The Labute approximate surface area is 176 Å². The van der Waals surface area contributed by atoms with Crippen LogP contribution in [-0.4, -0.2) is 28.8 Å². The Kier molecular flexibility index (Phi) is 8.34. The number of hydrogen-bond acceptors (Lipinski definition) is 2. The Morgan fingerprint density at radius 3 is 2.32 bits per heavy atom. The molecule has 1 atom stereocenters. The molecule has 0 aliphatic rings. The minimum Gasteiger partial charge on any atom is -0.352 e. The zero-order valence-electron chi connectivity index (χ0n) is 16.4. The van der Waals surface area contributed by atoms with E-state index in [2.05, 4.69) is 5.32 Å². The van der Waals surface area contributed by atoms with Crippen molar-refractivity contribution in [3.05, 3.63) is 69.7 Å². The third-order valence-corrected chi connectivity index (χ3v) is 4.96. The van der Waals surface area contributed by atoms with E-state index in [9.17, 15) is 9.59 Å². The molecule has 0 aliphatic heterocycles. The van der Waals surface area contributed by atoms with Crippen LogP contribution in [0.3, 0.4) is 0 Å². The molecular formula is C22H26Cl2N2O2. The lowest BCUT2D eigenvalue weighted by Gasteiger charge is -2.31. The van der Waals surface area contributed by atoms with Crippen LogP contribution in [0.2, 0.25) is 10.0 Å². The summed E-state index contributed by atoms with van der Waals surface area (Å²) in [6.07, 6.45) is 0.724. The highest BCUT2D eigenvalue weighted by Crippen LogP contribution is 2.24. The van der Waals surface area contributed by atoms with E-state index in [1.165, 1.54) is 0 Å². The lowest BCUT2D eigenvalue weighted by Crippen LogP contribution is -2.50. The van der Waals surface area contributed by atoms with E-state index in [4.69, 9.17) is 23.2 Å². The summed E-state index contributed by atoms with van der Waals surface area (Å²) < 4.78 is 0. The van der Waals surface area contributed by atoms with E-state index in [0.717, 1.165) is 11.1 Å². The summed E-state index contributed by atoms with van der Waals surface area (Å²) in [5, 5.41) is 3.92. The molecule has 150 valence electrons. The number of halogens is 2. The van der Waals surface area contributed by atoms with Gasteiger partial charge in [-0.2, -0.15) is 0 Å². The lowest BCUT2D eigenvalue weighted by molar-refractivity contribution is -0.141. The van der Waals surface area contributed by atoms with Crippen LogP contribution in [0.15, 0.2) is 48.5 Å². The van der Waals surface area contributed by atoms with Gasteiger partial charge >= 0.3 is 0 Å². The minimum atomic E-state index is -0.578. The fourth-order valence-corrected chi connectivity index (χ4v) is 3.47. The highest BCUT2D eigenvalue weighted by molar-refractivity contribution is 6.35. The van der Waals surface area contributed by atoms with Gasteiger partial charge in [0, 0.05) is 22.6 Å². The summed E-state index contributed by atoms with van der Waals surface area (Å²) in [4.78, 5) is 27.5. The van der Waals surface area contributed by atoms with Crippen LogP contribution in [0.1, 0.15) is 38.3 Å². The van der Waals surface area contributed by atoms with Gasteiger partial charge in [-0.1, -0.05) is 66.5 Å². The third-order valence-electron chi connectivity index (χ3n) is 4.37. The largest absolute Gasteiger partial charge is 0.352 e. The highest BCUT2D eigenvalue weighted by atomic mass is 35.5. The topological polar surface area (TPSA) is 49.4 Å². The third kappa shape index (κ3) is 6.25. The average molecular weight is 421 g/mol. The van der Waals surface area contributed by atoms with Gasteiger partial charge < -0.3 is 10.2 Å². The highest BCUT2D eigenvalue weighted by Gasteiger charge is 2.29. The van der Waals surface area contributed by atoms with Gasteiger partial charge in [-0.25, -0.2) is 0 Å². The average Bonchev–Trinajstić information content (AvgIpc) is 2.63. The molecule has 4 nitrogen and oxygen atoms in total. The predicted octanol–water partition coefficient (Wildman–Crippen LogP) is 4.87. The van der Waals surface area contributed by atoms with Gasteiger partial charge in [0.15, 0.2) is 0 Å². The number of hydrogen-bond donors (Lipinski definition) is 1. The molecule has 6 heteroatoms. The number of nitrogens with zero attached hydrogens (tertiary/aromatic N) is 1. The first-order chi connectivity index (χ1) is 13.3. The van der Waals surface area contributed by atoms with Crippen molar-refractivity contribution in [1.29, 1.82) is 0 Å². The summed E-state index contributed by atoms with van der Waals surface area (Å²) in [7, 11) is 0. The maximum absolute atomic E-state index is 13.2. The molecule has 0 unspecified atom stereocenters. The first-order valence-corrected chi connectivity index (χ1v) is 10.1. The molecule has 0 aliphatic carbocycles. The molecule has 2 aromatic carbocycles. The smallest absolute Gasteiger partial charge is 0.243 e. The maximum Gasteiger partial charge on any atom is 0.243 e. The van der Waals surface area contributed by atoms with Gasteiger partial charge in [0.1, 0.15) is 6.04 Å². The zero-order chi connectivity index (χ0) is 20.7. The van der Waals surface area contributed by atoms with Crippen LogP contribution < -0.4 is 5.32 Å². The van der Waals surface area contributed by atoms with Crippen LogP contribution in [0.5, 0.6) is 0 Å². The number of benzene rings is 2. The normalized spacial score (nSPS) is 11.9. The second-order valence-corrected chi connectivity index (χ2v) is 7.85. The molecular weight excluding hydrogens is 395 g/mol. The van der Waals surface area contributed by atoms with E-state index in [-0.39, 0.29) is 30.8 Å². The van der Waals surface area contributed by atoms with Gasteiger partial charge in [-0.15, -0.1) is 0 Å². The van der Waals surface area contributed by atoms with E-state index in [1.54, 1.807) is 23.1 Å². The fourth-order valence-electron chi connectivity index (χ4n) is 3.01. The van der Waals surface area contributed by atoms with Crippen molar-refractivity contribution >= 4 is 35.0 Å². The van der Waals surface area contributed by atoms with Crippen LogP contribution in [0.4, 0.5) is 0 Å². The summed E-state index contributed by atoms with van der Waals surface area (Å²) in [5.74, 6) is -0.285. The molecule has 0 heterocycles. The summed E-state index contributed by atoms with van der Waals surface area (Å²) in [5.41, 5.74) is 1.65. The Bertz CT molecular complexity index is 809. The Morgan fingerprint density at radius 2 is 1.75 bits per heavy atom. The molecule has 2 aromatic rings. The Morgan fingerprint density at radius 1 is 1.07 bits per heavy atom. The molecule has 0 saturated carbocycles. The number of rotatable bonds is 8. The SMILES string of the molecule is CC[C@@H](C(=O)NC(C)C)N(Cc1ccc(Cl)cc1Cl)C(=O)Cc1ccccc1. The van der Waals surface area contributed by atoms with Crippen molar-refractivity contribution in [3.8, 4) is 0 Å². The standard InChI is InChI=1S/C22H26Cl2N2O2/c1-4-20(22(28)25-15(2)3)26(14-17-10-11-18(23)13-19(17)24)21(27)12-16-8-6-5-7-9-16/h5-11,13,15,20H,4,12,14H2,1-3H3,(H,25,28)/t20-/m0/s1. The predicted molar refractivity (Wildman–Crippen MR) is 115 cm³/mol. The van der Waals surface area contributed by atoms with E-state index in [1.807, 2.05) is 51.1 Å². The quantitative estimate of drug-likeness (QED) is 0.661. The molecule has 0 fully saturated rings. The van der Waals surface area contributed by atoms with Crippen LogP contribution >= 0.6 is 23.2 Å². The van der Waals surface area contributed by atoms with Crippen LogP contribution in [0, 0.1) is 0 Å². The number of amides is 2. The van der Waals surface area contributed by atoms with Crippen LogP contribution in [-0.2, 0) is 22.6 Å². The maximum atomic E-state index is 13.2. The molecule has 2 amide bonds. The van der Waals surface area contributed by atoms with Crippen molar-refractivity contribution in [1.82, 2.24) is 10.2 Å². The first-order valence-electron chi connectivity index (χ1n) is 9.39. The molecule has 0 bridgehead atoms. The molecule has 2 rings (SSSR count). The summed E-state index contributed by atoms with van der Waals surface area (Å²) >= 11 is 12.3. The van der Waals surface area contributed by atoms with Crippen molar-refractivity contribution in [2.45, 2.75) is 52.2 Å². The molecule has 0 saturated heterocycles. The summed E-state index contributed by atoms with van der Waals surface area (Å²) in [6.45, 7) is 5.94. The molecule has 1 N–H and O–H groups in total. The van der Waals surface area contributed by atoms with E-state index < -0.39 is 6.04 Å². The Hall–Kier alpha value is -2.04. The van der Waals surface area contributed by atoms with Gasteiger partial charge in [-0.3, -0.25) is 9.59 Å². The minimum absolute atomic E-state index is 0.00764. The number of carbonyl (C=O) groups excluding carboxylic acids is 2.